The lowest BCUT2D eigenvalue weighted by molar-refractivity contribution is -0.248. The van der Waals surface area contributed by atoms with Crippen molar-refractivity contribution in [2.75, 3.05) is 0 Å². The van der Waals surface area contributed by atoms with Crippen LogP contribution in [0, 0.1) is 5.92 Å². The first-order chi connectivity index (χ1) is 11.2. The molecule has 6 heteroatoms. The lowest BCUT2D eigenvalue weighted by atomic mass is 9.77. The second-order valence-electron chi connectivity index (χ2n) is 6.66. The van der Waals surface area contributed by atoms with E-state index in [1.807, 2.05) is 0 Å². The van der Waals surface area contributed by atoms with Crippen molar-refractivity contribution in [3.63, 3.8) is 0 Å². The minimum atomic E-state index is -5.58. The zero-order valence-electron chi connectivity index (χ0n) is 13.6. The Morgan fingerprint density at radius 1 is 0.958 bits per heavy atom. The van der Waals surface area contributed by atoms with Gasteiger partial charge < -0.3 is 0 Å². The molecule has 0 bridgehead atoms. The van der Waals surface area contributed by atoms with Crippen molar-refractivity contribution < 1.29 is 26.3 Å². The highest BCUT2D eigenvalue weighted by Gasteiger charge is 2.57. The zero-order chi connectivity index (χ0) is 18.0. The van der Waals surface area contributed by atoms with Gasteiger partial charge in [0.15, 0.2) is 0 Å². The summed E-state index contributed by atoms with van der Waals surface area (Å²) in [6, 6.07) is 4.67. The smallest absolute Gasteiger partial charge is 0.230 e. The van der Waals surface area contributed by atoms with Gasteiger partial charge in [-0.05, 0) is 43.1 Å². The number of hydrogen-bond donors (Lipinski definition) is 0. The number of hydrogen-bond acceptors (Lipinski definition) is 0. The molecule has 1 aliphatic rings. The van der Waals surface area contributed by atoms with Gasteiger partial charge in [0, 0.05) is 5.56 Å². The SMILES string of the molecule is CCCC1CCC(c2ccc(C(F)(F)C(F)C(F)(F)F)cc2)CC1. The zero-order valence-corrected chi connectivity index (χ0v) is 13.6. The Labute approximate surface area is 138 Å². The molecule has 1 fully saturated rings. The van der Waals surface area contributed by atoms with Gasteiger partial charge in [-0.2, -0.15) is 22.0 Å². The molecule has 0 radical (unpaired) electrons. The molecular weight excluding hydrogens is 330 g/mol. The summed E-state index contributed by atoms with van der Waals surface area (Å²) in [4.78, 5) is 0. The summed E-state index contributed by atoms with van der Waals surface area (Å²) in [5, 5.41) is 0. The summed E-state index contributed by atoms with van der Waals surface area (Å²) in [7, 11) is 0. The van der Waals surface area contributed by atoms with Crippen molar-refractivity contribution >= 4 is 0 Å². The highest BCUT2D eigenvalue weighted by Crippen LogP contribution is 2.43. The van der Waals surface area contributed by atoms with E-state index in [1.54, 1.807) is 0 Å². The lowest BCUT2D eigenvalue weighted by Crippen LogP contribution is -2.39. The maximum atomic E-state index is 13.7. The fourth-order valence-corrected chi connectivity index (χ4v) is 3.52. The highest BCUT2D eigenvalue weighted by atomic mass is 19.4. The molecular formula is C18H22F6. The Morgan fingerprint density at radius 2 is 1.50 bits per heavy atom. The number of halogens is 6. The number of rotatable bonds is 5. The van der Waals surface area contributed by atoms with Crippen molar-refractivity contribution in [2.45, 2.75) is 69.6 Å². The molecule has 0 heterocycles. The van der Waals surface area contributed by atoms with E-state index in [1.165, 1.54) is 18.6 Å². The first kappa shape index (κ1) is 19.1. The summed E-state index contributed by atoms with van der Waals surface area (Å²) in [6.07, 6.45) is -3.38. The van der Waals surface area contributed by atoms with E-state index < -0.39 is 23.8 Å². The molecule has 1 aromatic carbocycles. The third-order valence-corrected chi connectivity index (χ3v) is 4.92. The average Bonchev–Trinajstić information content (AvgIpc) is 2.54. The molecule has 0 aliphatic heterocycles. The molecule has 2 rings (SSSR count). The quantitative estimate of drug-likeness (QED) is 0.514. The van der Waals surface area contributed by atoms with Gasteiger partial charge in [-0.1, -0.05) is 44.0 Å². The van der Waals surface area contributed by atoms with E-state index in [2.05, 4.69) is 6.92 Å². The van der Waals surface area contributed by atoms with Gasteiger partial charge in [-0.25, -0.2) is 4.39 Å². The first-order valence-electron chi connectivity index (χ1n) is 8.35. The van der Waals surface area contributed by atoms with Gasteiger partial charge in [0.05, 0.1) is 0 Å². The molecule has 0 nitrogen and oxygen atoms in total. The Hall–Kier alpha value is -1.20. The standard InChI is InChI=1S/C18H22F6/c1-2-3-12-4-6-13(7-5-12)14-8-10-15(11-9-14)17(20,21)16(19)18(22,23)24/h8-13,16H,2-7H2,1H3. The Balaban J connectivity index is 2.06. The maximum Gasteiger partial charge on any atom is 0.426 e. The van der Waals surface area contributed by atoms with Crippen molar-refractivity contribution in [3.05, 3.63) is 35.4 Å². The molecule has 1 aliphatic carbocycles. The summed E-state index contributed by atoms with van der Waals surface area (Å²) in [5.41, 5.74) is -0.0948. The molecule has 136 valence electrons. The lowest BCUT2D eigenvalue weighted by Gasteiger charge is -2.29. The number of benzene rings is 1. The van der Waals surface area contributed by atoms with Crippen LogP contribution in [0.1, 0.15) is 62.5 Å². The van der Waals surface area contributed by atoms with Crippen molar-refractivity contribution in [2.24, 2.45) is 5.92 Å². The van der Waals surface area contributed by atoms with E-state index >= 15 is 0 Å². The van der Waals surface area contributed by atoms with Gasteiger partial charge in [-0.15, -0.1) is 0 Å². The third-order valence-electron chi connectivity index (χ3n) is 4.92. The molecule has 24 heavy (non-hydrogen) atoms. The van der Waals surface area contributed by atoms with Crippen LogP contribution in [0.15, 0.2) is 24.3 Å². The molecule has 0 spiro atoms. The first-order valence-corrected chi connectivity index (χ1v) is 8.35. The molecule has 1 atom stereocenters. The van der Waals surface area contributed by atoms with Crippen LogP contribution in [-0.2, 0) is 5.92 Å². The summed E-state index contributed by atoms with van der Waals surface area (Å²) in [6.45, 7) is 2.14. The van der Waals surface area contributed by atoms with Crippen LogP contribution >= 0.6 is 0 Å². The normalized spacial score (nSPS) is 24.0. The minimum absolute atomic E-state index is 0.240. The van der Waals surface area contributed by atoms with E-state index in [9.17, 15) is 26.3 Å². The van der Waals surface area contributed by atoms with E-state index in [0.29, 0.717) is 5.92 Å². The number of alkyl halides is 6. The van der Waals surface area contributed by atoms with Crippen LogP contribution in [0.4, 0.5) is 26.3 Å². The molecule has 1 aromatic rings. The van der Waals surface area contributed by atoms with Crippen molar-refractivity contribution in [3.8, 4) is 0 Å². The topological polar surface area (TPSA) is 0 Å². The summed E-state index contributed by atoms with van der Waals surface area (Å²) < 4.78 is 77.1. The van der Waals surface area contributed by atoms with Crippen LogP contribution in [0.25, 0.3) is 0 Å². The molecule has 1 unspecified atom stereocenters. The minimum Gasteiger partial charge on any atom is -0.230 e. The van der Waals surface area contributed by atoms with E-state index in [4.69, 9.17) is 0 Å². The second kappa shape index (κ2) is 7.36. The molecule has 0 amide bonds. The molecule has 0 saturated heterocycles. The highest BCUT2D eigenvalue weighted by molar-refractivity contribution is 5.29. The van der Waals surface area contributed by atoms with E-state index in [-0.39, 0.29) is 5.92 Å². The summed E-state index contributed by atoms with van der Waals surface area (Å²) >= 11 is 0. The van der Waals surface area contributed by atoms with Gasteiger partial charge in [-0.3, -0.25) is 0 Å². The van der Waals surface area contributed by atoms with Gasteiger partial charge in [0.25, 0.3) is 6.17 Å². The Bertz CT molecular complexity index is 511. The Morgan fingerprint density at radius 3 is 1.96 bits per heavy atom. The van der Waals surface area contributed by atoms with Crippen molar-refractivity contribution in [1.82, 2.24) is 0 Å². The van der Waals surface area contributed by atoms with Crippen molar-refractivity contribution in [1.29, 1.82) is 0 Å². The second-order valence-corrected chi connectivity index (χ2v) is 6.66. The van der Waals surface area contributed by atoms with Gasteiger partial charge >= 0.3 is 12.1 Å². The Kier molecular flexibility index (Phi) is 5.87. The molecule has 0 N–H and O–H groups in total. The predicted molar refractivity (Wildman–Crippen MR) is 80.9 cm³/mol. The maximum absolute atomic E-state index is 13.7. The van der Waals surface area contributed by atoms with Crippen LogP contribution in [0.2, 0.25) is 0 Å². The van der Waals surface area contributed by atoms with Crippen LogP contribution in [-0.4, -0.2) is 12.3 Å². The largest absolute Gasteiger partial charge is 0.426 e. The predicted octanol–water partition coefficient (Wildman–Crippen LogP) is 6.75. The monoisotopic (exact) mass is 352 g/mol. The fourth-order valence-electron chi connectivity index (χ4n) is 3.52. The van der Waals surface area contributed by atoms with Crippen LogP contribution in [0.5, 0.6) is 0 Å². The molecule has 1 saturated carbocycles. The van der Waals surface area contributed by atoms with Crippen LogP contribution < -0.4 is 0 Å². The van der Waals surface area contributed by atoms with Gasteiger partial charge in [0.1, 0.15) is 0 Å². The molecule has 0 aromatic heterocycles. The van der Waals surface area contributed by atoms with E-state index in [0.717, 1.165) is 49.8 Å². The fraction of sp³-hybridized carbons (Fsp3) is 0.667. The van der Waals surface area contributed by atoms with Crippen LogP contribution in [0.3, 0.4) is 0 Å². The average molecular weight is 352 g/mol. The third kappa shape index (κ3) is 4.25. The van der Waals surface area contributed by atoms with Gasteiger partial charge in [0.2, 0.25) is 0 Å². The summed E-state index contributed by atoms with van der Waals surface area (Å²) in [5.74, 6) is -3.63.